The van der Waals surface area contributed by atoms with Gasteiger partial charge in [-0.25, -0.2) is 0 Å². The van der Waals surface area contributed by atoms with Gasteiger partial charge < -0.3 is 47.1 Å². The maximum absolute atomic E-state index is 12.1. The number of nitrogens with zero attached hydrogens (tertiary/aromatic N) is 2. The van der Waals surface area contributed by atoms with Gasteiger partial charge in [-0.2, -0.15) is 0 Å². The molecule has 2 N–H and O–H groups in total. The standard InChI is InChI=1S/C21H48N2O10P2/c1-6-7-8-9-10-11-12-21(17-32-34(26,27)30-15-13-22(2,3)19-24)18-33-35(28,29)31-16-14-23(4,5)20-25/h21,24-25H,6-20H2,1-5H3. The average Bonchev–Trinajstić information content (AvgIpc) is 2.76. The van der Waals surface area contributed by atoms with Crippen molar-refractivity contribution in [1.29, 1.82) is 0 Å². The molecule has 0 aromatic rings. The molecule has 0 radical (unpaired) electrons. The van der Waals surface area contributed by atoms with Gasteiger partial charge in [0.25, 0.3) is 15.6 Å². The first-order valence-corrected chi connectivity index (χ1v) is 15.2. The minimum absolute atomic E-state index is 0.154. The molecule has 0 spiro atoms. The summed E-state index contributed by atoms with van der Waals surface area (Å²) < 4.78 is 44.4. The van der Waals surface area contributed by atoms with Crippen molar-refractivity contribution in [3.05, 3.63) is 0 Å². The van der Waals surface area contributed by atoms with Crippen LogP contribution in [0.1, 0.15) is 51.9 Å². The Kier molecular flexibility index (Phi) is 17.6. The number of likely N-dealkylation sites (N-methyl/N-ethyl adjacent to an activating group) is 2. The highest BCUT2D eigenvalue weighted by Gasteiger charge is 2.21. The number of aliphatic hydroxyl groups is 2. The molecule has 0 amide bonds. The van der Waals surface area contributed by atoms with E-state index in [1.807, 2.05) is 0 Å². The van der Waals surface area contributed by atoms with Crippen LogP contribution in [0, 0.1) is 5.92 Å². The van der Waals surface area contributed by atoms with E-state index in [1.165, 1.54) is 0 Å². The van der Waals surface area contributed by atoms with Crippen LogP contribution in [0.3, 0.4) is 0 Å². The largest absolute Gasteiger partial charge is 0.756 e. The molecule has 212 valence electrons. The van der Waals surface area contributed by atoms with E-state index < -0.39 is 21.6 Å². The van der Waals surface area contributed by atoms with Crippen LogP contribution in [0.25, 0.3) is 0 Å². The molecule has 0 heterocycles. The first kappa shape index (κ1) is 35.1. The lowest BCUT2D eigenvalue weighted by molar-refractivity contribution is -0.908. The minimum atomic E-state index is -4.60. The van der Waals surface area contributed by atoms with Crippen LogP contribution in [0.15, 0.2) is 0 Å². The molecule has 0 saturated heterocycles. The van der Waals surface area contributed by atoms with Crippen LogP contribution < -0.4 is 9.79 Å². The number of hydrogen-bond donors (Lipinski definition) is 2. The quantitative estimate of drug-likeness (QED) is 0.0825. The van der Waals surface area contributed by atoms with E-state index in [0.717, 1.165) is 38.5 Å². The molecule has 0 fully saturated rings. The molecule has 14 heteroatoms. The smallest absolute Gasteiger partial charge is 0.268 e. The number of quaternary nitrogens is 2. The van der Waals surface area contributed by atoms with Crippen molar-refractivity contribution in [2.45, 2.75) is 51.9 Å². The summed E-state index contributed by atoms with van der Waals surface area (Å²) in [7, 11) is -2.31. The van der Waals surface area contributed by atoms with Crippen LogP contribution in [-0.4, -0.2) is 100 Å². The summed E-state index contributed by atoms with van der Waals surface area (Å²) in [5.41, 5.74) is 0. The molecule has 0 saturated carbocycles. The Morgan fingerprint density at radius 1 is 0.714 bits per heavy atom. The summed E-state index contributed by atoms with van der Waals surface area (Å²) in [5, 5.41) is 18.5. The Bertz CT molecular complexity index is 606. The molecule has 2 unspecified atom stereocenters. The Hall–Kier alpha value is 0.0600. The van der Waals surface area contributed by atoms with Crippen LogP contribution in [0.5, 0.6) is 0 Å². The number of phosphoric ester groups is 2. The maximum Gasteiger partial charge on any atom is 0.268 e. The van der Waals surface area contributed by atoms with Crippen molar-refractivity contribution < 1.29 is 56.2 Å². The van der Waals surface area contributed by atoms with Crippen molar-refractivity contribution >= 4 is 15.6 Å². The zero-order valence-electron chi connectivity index (χ0n) is 22.1. The molecule has 0 rings (SSSR count). The Morgan fingerprint density at radius 2 is 1.11 bits per heavy atom. The highest BCUT2D eigenvalue weighted by molar-refractivity contribution is 7.46. The van der Waals surface area contributed by atoms with E-state index in [1.54, 1.807) is 28.2 Å². The lowest BCUT2D eigenvalue weighted by Crippen LogP contribution is -2.43. The third kappa shape index (κ3) is 19.8. The van der Waals surface area contributed by atoms with Crippen LogP contribution in [0.2, 0.25) is 0 Å². The van der Waals surface area contributed by atoms with Crippen molar-refractivity contribution in [3.8, 4) is 0 Å². The summed E-state index contributed by atoms with van der Waals surface area (Å²) in [6, 6.07) is 0. The van der Waals surface area contributed by atoms with Gasteiger partial charge in [-0.15, -0.1) is 0 Å². The van der Waals surface area contributed by atoms with Gasteiger partial charge in [0, 0.05) is 5.92 Å². The van der Waals surface area contributed by atoms with Gasteiger partial charge in [-0.1, -0.05) is 45.4 Å². The lowest BCUT2D eigenvalue weighted by atomic mass is 10.0. The first-order valence-electron chi connectivity index (χ1n) is 12.2. The highest BCUT2D eigenvalue weighted by atomic mass is 31.2. The van der Waals surface area contributed by atoms with E-state index in [4.69, 9.17) is 18.1 Å². The van der Waals surface area contributed by atoms with Crippen molar-refractivity contribution in [2.24, 2.45) is 5.92 Å². The van der Waals surface area contributed by atoms with E-state index in [2.05, 4.69) is 6.92 Å². The fourth-order valence-corrected chi connectivity index (χ4v) is 4.38. The third-order valence-electron chi connectivity index (χ3n) is 5.56. The summed E-state index contributed by atoms with van der Waals surface area (Å²) in [5.74, 6) is -0.493. The summed E-state index contributed by atoms with van der Waals surface area (Å²) in [6.45, 7) is 1.46. The summed E-state index contributed by atoms with van der Waals surface area (Å²) >= 11 is 0. The van der Waals surface area contributed by atoms with E-state index in [0.29, 0.717) is 6.42 Å². The van der Waals surface area contributed by atoms with Gasteiger partial charge in [0.05, 0.1) is 41.4 Å². The molecule has 0 aromatic heterocycles. The van der Waals surface area contributed by atoms with Gasteiger partial charge >= 0.3 is 0 Å². The maximum atomic E-state index is 12.1. The van der Waals surface area contributed by atoms with Gasteiger partial charge in [0.15, 0.2) is 13.5 Å². The van der Waals surface area contributed by atoms with Gasteiger partial charge in [0.2, 0.25) is 0 Å². The molecule has 12 nitrogen and oxygen atoms in total. The Morgan fingerprint density at radius 3 is 1.51 bits per heavy atom. The second-order valence-corrected chi connectivity index (χ2v) is 13.0. The van der Waals surface area contributed by atoms with Crippen molar-refractivity contribution in [2.75, 3.05) is 81.2 Å². The number of phosphoric acid groups is 2. The zero-order valence-corrected chi connectivity index (χ0v) is 23.9. The third-order valence-corrected chi connectivity index (χ3v) is 7.49. The molecule has 0 aliphatic carbocycles. The average molecular weight is 551 g/mol. The van der Waals surface area contributed by atoms with E-state index in [9.17, 15) is 29.1 Å². The lowest BCUT2D eigenvalue weighted by Gasteiger charge is -2.31. The number of unbranched alkanes of at least 4 members (excludes halogenated alkanes) is 5. The summed E-state index contributed by atoms with van der Waals surface area (Å²) in [4.78, 5) is 24.3. The van der Waals surface area contributed by atoms with E-state index in [-0.39, 0.29) is 61.9 Å². The van der Waals surface area contributed by atoms with Crippen LogP contribution >= 0.6 is 15.6 Å². The Labute approximate surface area is 211 Å². The second kappa shape index (κ2) is 17.5. The SMILES string of the molecule is CCCCCCCCC(COP(=O)([O-])OCC[N+](C)(C)CO)COP(=O)([O-])OCC[N+](C)(C)CO. The number of aliphatic hydroxyl groups excluding tert-OH is 2. The van der Waals surface area contributed by atoms with Crippen LogP contribution in [0.4, 0.5) is 0 Å². The topological polar surface area (TPSA) is 158 Å². The number of hydrogen-bond acceptors (Lipinski definition) is 10. The monoisotopic (exact) mass is 550 g/mol. The molecule has 0 aliphatic heterocycles. The molecule has 0 aliphatic rings. The van der Waals surface area contributed by atoms with E-state index >= 15 is 0 Å². The minimum Gasteiger partial charge on any atom is -0.756 e. The zero-order chi connectivity index (χ0) is 27.0. The molecular weight excluding hydrogens is 502 g/mol. The van der Waals surface area contributed by atoms with Crippen molar-refractivity contribution in [3.63, 3.8) is 0 Å². The Balaban J connectivity index is 4.76. The molecule has 0 bridgehead atoms. The fourth-order valence-electron chi connectivity index (χ4n) is 2.84. The van der Waals surface area contributed by atoms with Crippen LogP contribution in [-0.2, 0) is 27.2 Å². The second-order valence-electron chi connectivity index (χ2n) is 10.2. The molecule has 0 aromatic carbocycles. The van der Waals surface area contributed by atoms with Gasteiger partial charge in [0.1, 0.15) is 26.3 Å². The number of rotatable bonds is 23. The normalized spacial score (nSPS) is 17.2. The highest BCUT2D eigenvalue weighted by Crippen LogP contribution is 2.41. The predicted molar refractivity (Wildman–Crippen MR) is 129 cm³/mol. The molecular formula is C21H48N2O10P2. The fraction of sp³-hybridized carbons (Fsp3) is 1.00. The first-order chi connectivity index (χ1) is 16.2. The predicted octanol–water partition coefficient (Wildman–Crippen LogP) is 1.41. The molecule has 2 atom stereocenters. The van der Waals surface area contributed by atoms with Gasteiger partial charge in [-0.05, 0) is 6.42 Å². The van der Waals surface area contributed by atoms with Crippen molar-refractivity contribution in [1.82, 2.24) is 0 Å². The molecule has 35 heavy (non-hydrogen) atoms. The summed E-state index contributed by atoms with van der Waals surface area (Å²) in [6.07, 6.45) is 6.69. The van der Waals surface area contributed by atoms with Gasteiger partial charge in [-0.3, -0.25) is 9.13 Å².